The molecule has 0 unspecified atom stereocenters. The van der Waals surface area contributed by atoms with Gasteiger partial charge >= 0.3 is 0 Å². The van der Waals surface area contributed by atoms with E-state index in [0.29, 0.717) is 13.0 Å². The Morgan fingerprint density at radius 1 is 1.10 bits per heavy atom. The lowest BCUT2D eigenvalue weighted by Gasteiger charge is -2.11. The van der Waals surface area contributed by atoms with Gasteiger partial charge in [-0.1, -0.05) is 29.8 Å². The minimum atomic E-state index is -0.000773. The maximum atomic E-state index is 11.9. The molecule has 0 radical (unpaired) electrons. The molecule has 0 aliphatic carbocycles. The summed E-state index contributed by atoms with van der Waals surface area (Å²) in [6.07, 6.45) is 0.425. The highest BCUT2D eigenvalue weighted by molar-refractivity contribution is 9.10. The molecule has 2 N–H and O–H groups in total. The molecule has 21 heavy (non-hydrogen) atoms. The van der Waals surface area contributed by atoms with E-state index in [0.717, 1.165) is 15.8 Å². The van der Waals surface area contributed by atoms with Gasteiger partial charge in [-0.3, -0.25) is 4.79 Å². The Kier molecular flexibility index (Phi) is 5.39. The third-order valence-electron chi connectivity index (χ3n) is 3.20. The molecule has 4 heteroatoms. The highest BCUT2D eigenvalue weighted by atomic mass is 79.9. The standard InChI is InChI=1S/C17H19BrN2O/c1-12-7-8-15(13(2)11-12)19-10-9-17(21)20-16-6-4-3-5-14(16)18/h3-8,11,19H,9-10H2,1-2H3,(H,20,21). The van der Waals surface area contributed by atoms with Crippen molar-refractivity contribution in [1.29, 1.82) is 0 Å². The van der Waals surface area contributed by atoms with Crippen LogP contribution in [0.2, 0.25) is 0 Å². The molecule has 0 heterocycles. The van der Waals surface area contributed by atoms with Crippen LogP contribution in [0.5, 0.6) is 0 Å². The normalized spacial score (nSPS) is 10.2. The van der Waals surface area contributed by atoms with Crippen LogP contribution in [0.1, 0.15) is 17.5 Å². The van der Waals surface area contributed by atoms with Gasteiger partial charge in [-0.2, -0.15) is 0 Å². The lowest BCUT2D eigenvalue weighted by molar-refractivity contribution is -0.115. The SMILES string of the molecule is Cc1ccc(NCCC(=O)Nc2ccccc2Br)c(C)c1. The number of nitrogens with one attached hydrogen (secondary N) is 2. The Hall–Kier alpha value is -1.81. The van der Waals surface area contributed by atoms with Crippen LogP contribution in [0.4, 0.5) is 11.4 Å². The zero-order valence-corrected chi connectivity index (χ0v) is 13.8. The second-order valence-corrected chi connectivity index (χ2v) is 5.88. The fourth-order valence-electron chi connectivity index (χ4n) is 2.10. The highest BCUT2D eigenvalue weighted by Crippen LogP contribution is 2.21. The molecule has 2 aromatic carbocycles. The number of aryl methyl sites for hydroxylation is 2. The first-order valence-corrected chi connectivity index (χ1v) is 7.71. The second-order valence-electron chi connectivity index (χ2n) is 5.02. The molecule has 110 valence electrons. The van der Waals surface area contributed by atoms with E-state index in [1.807, 2.05) is 24.3 Å². The van der Waals surface area contributed by atoms with E-state index < -0.39 is 0 Å². The van der Waals surface area contributed by atoms with Crippen molar-refractivity contribution in [3.63, 3.8) is 0 Å². The van der Waals surface area contributed by atoms with Gasteiger partial charge in [-0.05, 0) is 53.5 Å². The molecular weight excluding hydrogens is 328 g/mol. The van der Waals surface area contributed by atoms with Crippen molar-refractivity contribution in [2.24, 2.45) is 0 Å². The summed E-state index contributed by atoms with van der Waals surface area (Å²) >= 11 is 3.42. The second kappa shape index (κ2) is 7.27. The van der Waals surface area contributed by atoms with E-state index in [4.69, 9.17) is 0 Å². The molecule has 2 rings (SSSR count). The van der Waals surface area contributed by atoms with Crippen LogP contribution < -0.4 is 10.6 Å². The monoisotopic (exact) mass is 346 g/mol. The van der Waals surface area contributed by atoms with Gasteiger partial charge in [-0.25, -0.2) is 0 Å². The lowest BCUT2D eigenvalue weighted by Crippen LogP contribution is -2.16. The number of rotatable bonds is 5. The van der Waals surface area contributed by atoms with Gasteiger partial charge in [0.2, 0.25) is 5.91 Å². The molecular formula is C17H19BrN2O. The maximum absolute atomic E-state index is 11.9. The van der Waals surface area contributed by atoms with Gasteiger partial charge in [0.05, 0.1) is 5.69 Å². The quantitative estimate of drug-likeness (QED) is 0.836. The van der Waals surface area contributed by atoms with Crippen molar-refractivity contribution in [3.8, 4) is 0 Å². The summed E-state index contributed by atoms with van der Waals surface area (Å²) in [5, 5.41) is 6.19. The van der Waals surface area contributed by atoms with E-state index in [-0.39, 0.29) is 5.91 Å². The molecule has 0 bridgehead atoms. The van der Waals surface area contributed by atoms with Crippen molar-refractivity contribution in [1.82, 2.24) is 0 Å². The Labute approximate surface area is 133 Å². The number of halogens is 1. The first-order valence-electron chi connectivity index (χ1n) is 6.92. The summed E-state index contributed by atoms with van der Waals surface area (Å²) in [6.45, 7) is 4.75. The smallest absolute Gasteiger partial charge is 0.226 e. The minimum Gasteiger partial charge on any atom is -0.384 e. The number of carbonyl (C=O) groups excluding carboxylic acids is 1. The zero-order chi connectivity index (χ0) is 15.2. The number of benzene rings is 2. The molecule has 0 atom stereocenters. The van der Waals surface area contributed by atoms with Crippen molar-refractivity contribution >= 4 is 33.2 Å². The molecule has 0 spiro atoms. The van der Waals surface area contributed by atoms with Gasteiger partial charge in [0.1, 0.15) is 0 Å². The molecule has 3 nitrogen and oxygen atoms in total. The number of carbonyl (C=O) groups is 1. The first-order chi connectivity index (χ1) is 10.1. The van der Waals surface area contributed by atoms with Gasteiger partial charge in [0, 0.05) is 23.1 Å². The van der Waals surface area contributed by atoms with Gasteiger partial charge in [-0.15, -0.1) is 0 Å². The number of para-hydroxylation sites is 1. The summed E-state index contributed by atoms with van der Waals surface area (Å²) in [5.74, 6) is -0.000773. The molecule has 0 aromatic heterocycles. The molecule has 0 aliphatic rings. The van der Waals surface area contributed by atoms with E-state index in [9.17, 15) is 4.79 Å². The van der Waals surface area contributed by atoms with Crippen LogP contribution >= 0.6 is 15.9 Å². The lowest BCUT2D eigenvalue weighted by atomic mass is 10.1. The number of hydrogen-bond acceptors (Lipinski definition) is 2. The van der Waals surface area contributed by atoms with E-state index in [1.54, 1.807) is 0 Å². The summed E-state index contributed by atoms with van der Waals surface area (Å²) in [6, 6.07) is 13.8. The largest absolute Gasteiger partial charge is 0.384 e. The van der Waals surface area contributed by atoms with Crippen LogP contribution in [0, 0.1) is 13.8 Å². The molecule has 0 saturated carbocycles. The van der Waals surface area contributed by atoms with Gasteiger partial charge in [0.25, 0.3) is 0 Å². The third-order valence-corrected chi connectivity index (χ3v) is 3.89. The summed E-state index contributed by atoms with van der Waals surface area (Å²) in [4.78, 5) is 11.9. The molecule has 2 aromatic rings. The summed E-state index contributed by atoms with van der Waals surface area (Å²) in [5.41, 5.74) is 4.31. The first kappa shape index (κ1) is 15.6. The molecule has 0 fully saturated rings. The third kappa shape index (κ3) is 4.60. The zero-order valence-electron chi connectivity index (χ0n) is 12.2. The molecule has 0 aliphatic heterocycles. The average Bonchev–Trinajstić information content (AvgIpc) is 2.44. The number of amides is 1. The van der Waals surface area contributed by atoms with E-state index in [2.05, 4.69) is 58.6 Å². The van der Waals surface area contributed by atoms with Crippen LogP contribution in [-0.4, -0.2) is 12.5 Å². The Morgan fingerprint density at radius 3 is 2.57 bits per heavy atom. The predicted octanol–water partition coefficient (Wildman–Crippen LogP) is 4.51. The topological polar surface area (TPSA) is 41.1 Å². The van der Waals surface area contributed by atoms with Gasteiger partial charge < -0.3 is 10.6 Å². The Bertz CT molecular complexity index is 640. The van der Waals surface area contributed by atoms with Gasteiger partial charge in [0.15, 0.2) is 0 Å². The fraction of sp³-hybridized carbons (Fsp3) is 0.235. The van der Waals surface area contributed by atoms with Crippen molar-refractivity contribution in [3.05, 3.63) is 58.1 Å². The Balaban J connectivity index is 1.83. The maximum Gasteiger partial charge on any atom is 0.226 e. The average molecular weight is 347 g/mol. The van der Waals surface area contributed by atoms with Crippen molar-refractivity contribution < 1.29 is 4.79 Å². The minimum absolute atomic E-state index is 0.000773. The summed E-state index contributed by atoms with van der Waals surface area (Å²) < 4.78 is 0.890. The van der Waals surface area contributed by atoms with E-state index in [1.165, 1.54) is 11.1 Å². The Morgan fingerprint density at radius 2 is 1.86 bits per heavy atom. The highest BCUT2D eigenvalue weighted by Gasteiger charge is 2.05. The van der Waals surface area contributed by atoms with Crippen LogP contribution in [-0.2, 0) is 4.79 Å². The number of hydrogen-bond donors (Lipinski definition) is 2. The predicted molar refractivity (Wildman–Crippen MR) is 91.8 cm³/mol. The van der Waals surface area contributed by atoms with Crippen molar-refractivity contribution in [2.45, 2.75) is 20.3 Å². The molecule has 1 amide bonds. The van der Waals surface area contributed by atoms with E-state index >= 15 is 0 Å². The molecule has 0 saturated heterocycles. The summed E-state index contributed by atoms with van der Waals surface area (Å²) in [7, 11) is 0. The van der Waals surface area contributed by atoms with Crippen molar-refractivity contribution in [2.75, 3.05) is 17.2 Å². The van der Waals surface area contributed by atoms with Crippen LogP contribution in [0.3, 0.4) is 0 Å². The number of anilines is 2. The fourth-order valence-corrected chi connectivity index (χ4v) is 2.48. The van der Waals surface area contributed by atoms with Crippen LogP contribution in [0.15, 0.2) is 46.9 Å². The van der Waals surface area contributed by atoms with Crippen LogP contribution in [0.25, 0.3) is 0 Å².